The Balaban J connectivity index is 1.78. The first-order valence-electron chi connectivity index (χ1n) is 7.85. The summed E-state index contributed by atoms with van der Waals surface area (Å²) in [7, 11) is 0. The zero-order chi connectivity index (χ0) is 15.9. The Morgan fingerprint density at radius 1 is 1.41 bits per heavy atom. The van der Waals surface area contributed by atoms with Gasteiger partial charge in [0.2, 0.25) is 5.91 Å². The van der Waals surface area contributed by atoms with Crippen LogP contribution in [0.3, 0.4) is 0 Å². The molecule has 2 rings (SSSR count). The van der Waals surface area contributed by atoms with E-state index < -0.39 is 0 Å². The lowest BCUT2D eigenvalue weighted by molar-refractivity contribution is -0.116. The lowest BCUT2D eigenvalue weighted by Crippen LogP contribution is -2.21. The lowest BCUT2D eigenvalue weighted by atomic mass is 10.0. The van der Waals surface area contributed by atoms with Crippen LogP contribution in [0.5, 0.6) is 5.75 Å². The number of rotatable bonds is 9. The summed E-state index contributed by atoms with van der Waals surface area (Å²) in [4.78, 5) is 11.0. The first-order chi connectivity index (χ1) is 10.6. The van der Waals surface area contributed by atoms with Gasteiger partial charge in [0.05, 0.1) is 6.61 Å². The van der Waals surface area contributed by atoms with Gasteiger partial charge in [-0.25, -0.2) is 0 Å². The van der Waals surface area contributed by atoms with E-state index >= 15 is 0 Å². The maximum absolute atomic E-state index is 11.0. The third-order valence-corrected chi connectivity index (χ3v) is 3.71. The molecule has 0 bridgehead atoms. The van der Waals surface area contributed by atoms with Crippen molar-refractivity contribution >= 4 is 5.91 Å². The van der Waals surface area contributed by atoms with Crippen LogP contribution in [0.2, 0.25) is 0 Å². The van der Waals surface area contributed by atoms with Crippen molar-refractivity contribution in [1.82, 2.24) is 5.32 Å². The number of aryl methyl sites for hydroxylation is 3. The largest absolute Gasteiger partial charge is 0.490 e. The third-order valence-electron chi connectivity index (χ3n) is 3.71. The standard InChI is InChI=1S/C18H25NO3/c1-4-17(20)19-8-6-5-7-15-9-13(2)18(14(3)10-15)22-12-16-11-21-16/h4,9-10,16H,1,5-8,11-12H2,2-3H3,(H,19,20). The summed E-state index contributed by atoms with van der Waals surface area (Å²) in [5.74, 6) is 0.880. The number of hydrogen-bond donors (Lipinski definition) is 1. The molecular formula is C18H25NO3. The molecule has 1 atom stereocenters. The number of carbonyl (C=O) groups excluding carboxylic acids is 1. The molecule has 0 aromatic heterocycles. The topological polar surface area (TPSA) is 50.9 Å². The number of amides is 1. The SMILES string of the molecule is C=CC(=O)NCCCCc1cc(C)c(OCC2CO2)c(C)c1. The van der Waals surface area contributed by atoms with Gasteiger partial charge < -0.3 is 14.8 Å². The quantitative estimate of drug-likeness (QED) is 0.433. The molecular weight excluding hydrogens is 278 g/mol. The minimum absolute atomic E-state index is 0.104. The van der Waals surface area contributed by atoms with E-state index in [4.69, 9.17) is 9.47 Å². The number of carbonyl (C=O) groups is 1. The second-order valence-electron chi connectivity index (χ2n) is 5.78. The van der Waals surface area contributed by atoms with Gasteiger partial charge in [-0.15, -0.1) is 0 Å². The van der Waals surface area contributed by atoms with Crippen molar-refractivity contribution in [3.05, 3.63) is 41.5 Å². The molecule has 1 saturated heterocycles. The average Bonchev–Trinajstić information content (AvgIpc) is 3.30. The number of epoxide rings is 1. The fourth-order valence-corrected chi connectivity index (χ4v) is 2.49. The molecule has 1 amide bonds. The summed E-state index contributed by atoms with van der Waals surface area (Å²) in [6, 6.07) is 4.39. The second kappa shape index (κ2) is 7.99. The molecule has 1 aromatic rings. The Kier molecular flexibility index (Phi) is 6.01. The van der Waals surface area contributed by atoms with Gasteiger partial charge in [0.1, 0.15) is 18.5 Å². The van der Waals surface area contributed by atoms with Crippen LogP contribution in [-0.4, -0.2) is 31.8 Å². The van der Waals surface area contributed by atoms with Crippen LogP contribution in [0.25, 0.3) is 0 Å². The molecule has 22 heavy (non-hydrogen) atoms. The first-order valence-corrected chi connectivity index (χ1v) is 7.85. The van der Waals surface area contributed by atoms with Crippen LogP contribution >= 0.6 is 0 Å². The fraction of sp³-hybridized carbons (Fsp3) is 0.500. The molecule has 120 valence electrons. The monoisotopic (exact) mass is 303 g/mol. The highest BCUT2D eigenvalue weighted by Gasteiger charge is 2.23. The summed E-state index contributed by atoms with van der Waals surface area (Å²) in [6.07, 6.45) is 4.61. The van der Waals surface area contributed by atoms with Gasteiger partial charge >= 0.3 is 0 Å². The zero-order valence-electron chi connectivity index (χ0n) is 13.5. The Morgan fingerprint density at radius 3 is 2.68 bits per heavy atom. The summed E-state index contributed by atoms with van der Waals surface area (Å²) in [5.41, 5.74) is 3.67. The van der Waals surface area contributed by atoms with Crippen molar-refractivity contribution in [3.8, 4) is 5.75 Å². The van der Waals surface area contributed by atoms with Gasteiger partial charge in [0, 0.05) is 6.54 Å². The molecule has 1 aromatic carbocycles. The Labute approximate surface area is 132 Å². The summed E-state index contributed by atoms with van der Waals surface area (Å²) in [5, 5.41) is 2.79. The van der Waals surface area contributed by atoms with Gasteiger partial charge in [0.25, 0.3) is 0 Å². The summed E-state index contributed by atoms with van der Waals surface area (Å²) < 4.78 is 11.0. The highest BCUT2D eigenvalue weighted by atomic mass is 16.6. The van der Waals surface area contributed by atoms with E-state index in [2.05, 4.69) is 37.9 Å². The molecule has 1 unspecified atom stereocenters. The minimum atomic E-state index is -0.104. The molecule has 0 saturated carbocycles. The van der Waals surface area contributed by atoms with Crippen LogP contribution in [0, 0.1) is 13.8 Å². The van der Waals surface area contributed by atoms with E-state index in [-0.39, 0.29) is 12.0 Å². The third kappa shape index (κ3) is 5.19. The predicted molar refractivity (Wildman–Crippen MR) is 87.3 cm³/mol. The molecule has 0 aliphatic carbocycles. The molecule has 1 fully saturated rings. The maximum atomic E-state index is 11.0. The van der Waals surface area contributed by atoms with Crippen LogP contribution in [0.1, 0.15) is 29.5 Å². The number of hydrogen-bond acceptors (Lipinski definition) is 3. The molecule has 1 N–H and O–H groups in total. The molecule has 0 radical (unpaired) electrons. The second-order valence-corrected chi connectivity index (χ2v) is 5.78. The van der Waals surface area contributed by atoms with Gasteiger partial charge in [-0.2, -0.15) is 0 Å². The molecule has 1 aliphatic rings. The molecule has 4 heteroatoms. The van der Waals surface area contributed by atoms with Crippen molar-refractivity contribution in [2.75, 3.05) is 19.8 Å². The van der Waals surface area contributed by atoms with E-state index in [1.807, 2.05) is 0 Å². The van der Waals surface area contributed by atoms with Gasteiger partial charge in [0.15, 0.2) is 0 Å². The van der Waals surface area contributed by atoms with Crippen molar-refractivity contribution in [1.29, 1.82) is 0 Å². The predicted octanol–water partition coefficient (Wildman–Crippen LogP) is 2.71. The van der Waals surface area contributed by atoms with Crippen molar-refractivity contribution in [2.24, 2.45) is 0 Å². The number of unbranched alkanes of at least 4 members (excludes halogenated alkanes) is 1. The van der Waals surface area contributed by atoms with E-state index in [1.165, 1.54) is 22.8 Å². The van der Waals surface area contributed by atoms with Gasteiger partial charge in [-0.05, 0) is 55.9 Å². The normalized spacial score (nSPS) is 16.2. The van der Waals surface area contributed by atoms with Gasteiger partial charge in [-0.3, -0.25) is 4.79 Å². The van der Waals surface area contributed by atoms with Gasteiger partial charge in [-0.1, -0.05) is 18.7 Å². The summed E-state index contributed by atoms with van der Waals surface area (Å²) >= 11 is 0. The van der Waals surface area contributed by atoms with Crippen molar-refractivity contribution in [2.45, 2.75) is 39.2 Å². The van der Waals surface area contributed by atoms with Crippen LogP contribution < -0.4 is 10.1 Å². The van der Waals surface area contributed by atoms with E-state index in [9.17, 15) is 4.79 Å². The Hall–Kier alpha value is -1.81. The van der Waals surface area contributed by atoms with Crippen LogP contribution in [0.4, 0.5) is 0 Å². The highest BCUT2D eigenvalue weighted by Crippen LogP contribution is 2.26. The fourth-order valence-electron chi connectivity index (χ4n) is 2.49. The number of benzene rings is 1. The zero-order valence-corrected chi connectivity index (χ0v) is 13.5. The highest BCUT2D eigenvalue weighted by molar-refractivity contribution is 5.86. The molecule has 4 nitrogen and oxygen atoms in total. The average molecular weight is 303 g/mol. The van der Waals surface area contributed by atoms with Crippen molar-refractivity contribution in [3.63, 3.8) is 0 Å². The molecule has 1 heterocycles. The first kappa shape index (κ1) is 16.6. The van der Waals surface area contributed by atoms with E-state index in [0.29, 0.717) is 13.2 Å². The minimum Gasteiger partial charge on any atom is -0.490 e. The lowest BCUT2D eigenvalue weighted by Gasteiger charge is -2.13. The molecule has 1 aliphatic heterocycles. The Bertz CT molecular complexity index is 512. The van der Waals surface area contributed by atoms with E-state index in [1.54, 1.807) is 0 Å². The number of nitrogens with one attached hydrogen (secondary N) is 1. The van der Waals surface area contributed by atoms with Crippen molar-refractivity contribution < 1.29 is 14.3 Å². The summed E-state index contributed by atoms with van der Waals surface area (Å²) in [6.45, 7) is 9.77. The van der Waals surface area contributed by atoms with E-state index in [0.717, 1.165) is 31.6 Å². The smallest absolute Gasteiger partial charge is 0.243 e. The van der Waals surface area contributed by atoms with Crippen LogP contribution in [-0.2, 0) is 16.0 Å². The molecule has 0 spiro atoms. The Morgan fingerprint density at radius 2 is 2.09 bits per heavy atom. The number of ether oxygens (including phenoxy) is 2. The van der Waals surface area contributed by atoms with Crippen LogP contribution in [0.15, 0.2) is 24.8 Å². The maximum Gasteiger partial charge on any atom is 0.243 e.